The molecule has 2 N–H and O–H groups in total. The maximum Gasteiger partial charge on any atom is 0.410 e. The van der Waals surface area contributed by atoms with Crippen LogP contribution in [0.25, 0.3) is 0 Å². The van der Waals surface area contributed by atoms with Crippen molar-refractivity contribution in [3.63, 3.8) is 0 Å². The predicted octanol–water partition coefficient (Wildman–Crippen LogP) is 3.61. The number of carbonyl (C=O) groups excluding carboxylic acids is 1. The molecule has 2 aromatic carbocycles. The largest absolute Gasteiger partial charge is 0.483 e. The Morgan fingerprint density at radius 3 is 2.53 bits per heavy atom. The number of rotatable bonds is 3. The Balaban J connectivity index is 0.000000806. The lowest BCUT2D eigenvalue weighted by molar-refractivity contribution is -0.122. The molecule has 0 aromatic heterocycles. The van der Waals surface area contributed by atoms with Gasteiger partial charge in [0.1, 0.15) is 5.82 Å². The molecule has 2 aliphatic rings. The number of amides is 1. The Kier molecular flexibility index (Phi) is 7.79. The highest BCUT2D eigenvalue weighted by Gasteiger charge is 2.33. The molecule has 6 nitrogen and oxygen atoms in total. The van der Waals surface area contributed by atoms with Crippen molar-refractivity contribution in [3.05, 3.63) is 71.0 Å². The number of nitrogens with one attached hydrogen (secondary N) is 1. The molecule has 2 aliphatic heterocycles. The number of halogens is 1. The van der Waals surface area contributed by atoms with E-state index in [1.54, 1.807) is 17.0 Å². The number of hydrogen-bond donors (Lipinski definition) is 2. The normalized spacial score (nSPS) is 18.6. The molecule has 2 heterocycles. The number of fused-ring (bicyclic) bond motifs is 1. The van der Waals surface area contributed by atoms with E-state index in [0.29, 0.717) is 19.1 Å². The van der Waals surface area contributed by atoms with E-state index in [1.165, 1.54) is 17.7 Å². The van der Waals surface area contributed by atoms with Crippen LogP contribution in [0.5, 0.6) is 0 Å². The monoisotopic (exact) mass is 414 g/mol. The summed E-state index contributed by atoms with van der Waals surface area (Å²) in [7, 11) is 0. The molecule has 0 saturated carbocycles. The first-order chi connectivity index (χ1) is 14.6. The van der Waals surface area contributed by atoms with Crippen LogP contribution >= 0.6 is 0 Å². The average molecular weight is 414 g/mol. The van der Waals surface area contributed by atoms with Gasteiger partial charge in [-0.05, 0) is 67.1 Å². The van der Waals surface area contributed by atoms with Crippen molar-refractivity contribution in [2.45, 2.75) is 25.3 Å². The van der Waals surface area contributed by atoms with Crippen LogP contribution in [-0.2, 0) is 16.0 Å². The number of benzene rings is 2. The van der Waals surface area contributed by atoms with E-state index in [0.717, 1.165) is 43.5 Å². The summed E-state index contributed by atoms with van der Waals surface area (Å²) >= 11 is 0. The van der Waals surface area contributed by atoms with Crippen molar-refractivity contribution in [1.82, 2.24) is 10.2 Å². The van der Waals surface area contributed by atoms with Crippen LogP contribution < -0.4 is 5.32 Å². The highest BCUT2D eigenvalue weighted by Crippen LogP contribution is 2.35. The smallest absolute Gasteiger partial charge is 0.410 e. The third-order valence-corrected chi connectivity index (χ3v) is 5.60. The van der Waals surface area contributed by atoms with Crippen LogP contribution in [0.4, 0.5) is 9.18 Å². The molecular formula is C23H27FN2O4. The second kappa shape index (κ2) is 10.7. The predicted molar refractivity (Wildman–Crippen MR) is 111 cm³/mol. The molecule has 2 aromatic rings. The zero-order valence-corrected chi connectivity index (χ0v) is 16.8. The van der Waals surface area contributed by atoms with Crippen LogP contribution in [0.1, 0.15) is 35.6 Å². The lowest BCUT2D eigenvalue weighted by Crippen LogP contribution is -2.41. The molecule has 0 spiro atoms. The van der Waals surface area contributed by atoms with Crippen LogP contribution in [0, 0.1) is 11.7 Å². The molecule has 4 rings (SSSR count). The van der Waals surface area contributed by atoms with Gasteiger partial charge in [-0.3, -0.25) is 9.69 Å². The standard InChI is InChI=1S/C22H25FN2O2.CH2O2/c23-19-7-5-18(6-8-19)21-20-4-2-1-3-17(20)11-14-25(21)22(26)27-15-16-9-12-24-13-10-16;2-1-3/h1-8,16,21,24H,9-15H2;1H,(H,2,3)/t21-;/m0./s1. The first-order valence-electron chi connectivity index (χ1n) is 10.2. The highest BCUT2D eigenvalue weighted by molar-refractivity contribution is 5.70. The van der Waals surface area contributed by atoms with Crippen molar-refractivity contribution in [3.8, 4) is 0 Å². The molecule has 0 bridgehead atoms. The summed E-state index contributed by atoms with van der Waals surface area (Å²) in [6.45, 7) is 2.79. The summed E-state index contributed by atoms with van der Waals surface area (Å²) in [5.41, 5.74) is 3.23. The molecular weight excluding hydrogens is 387 g/mol. The number of carboxylic acid groups (broad SMARTS) is 1. The Hall–Kier alpha value is -2.93. The van der Waals surface area contributed by atoms with Crippen LogP contribution in [-0.4, -0.2) is 48.8 Å². The van der Waals surface area contributed by atoms with E-state index in [9.17, 15) is 9.18 Å². The van der Waals surface area contributed by atoms with Crippen molar-refractivity contribution >= 4 is 12.6 Å². The highest BCUT2D eigenvalue weighted by atomic mass is 19.1. The number of hydrogen-bond acceptors (Lipinski definition) is 4. The second-order valence-electron chi connectivity index (χ2n) is 7.47. The van der Waals surface area contributed by atoms with E-state index in [-0.39, 0.29) is 24.4 Å². The Bertz CT molecular complexity index is 837. The fourth-order valence-electron chi connectivity index (χ4n) is 4.09. The fourth-order valence-corrected chi connectivity index (χ4v) is 4.09. The quantitative estimate of drug-likeness (QED) is 0.750. The third-order valence-electron chi connectivity index (χ3n) is 5.60. The van der Waals surface area contributed by atoms with Gasteiger partial charge >= 0.3 is 6.09 Å². The number of ether oxygens (including phenoxy) is 1. The van der Waals surface area contributed by atoms with Gasteiger partial charge in [0.2, 0.25) is 0 Å². The zero-order chi connectivity index (χ0) is 21.3. The Morgan fingerprint density at radius 2 is 1.83 bits per heavy atom. The van der Waals surface area contributed by atoms with Gasteiger partial charge in [-0.25, -0.2) is 9.18 Å². The maximum atomic E-state index is 13.4. The lowest BCUT2D eigenvalue weighted by Gasteiger charge is -2.37. The van der Waals surface area contributed by atoms with Crippen molar-refractivity contribution < 1.29 is 23.8 Å². The first kappa shape index (κ1) is 21.8. The maximum absolute atomic E-state index is 13.4. The molecule has 0 aliphatic carbocycles. The summed E-state index contributed by atoms with van der Waals surface area (Å²) in [5, 5.41) is 10.2. The number of nitrogens with zero attached hydrogens (tertiary/aromatic N) is 1. The van der Waals surface area contributed by atoms with Crippen LogP contribution in [0.3, 0.4) is 0 Å². The fraction of sp³-hybridized carbons (Fsp3) is 0.391. The topological polar surface area (TPSA) is 78.9 Å². The van der Waals surface area contributed by atoms with Crippen LogP contribution in [0.15, 0.2) is 48.5 Å². The molecule has 1 saturated heterocycles. The van der Waals surface area contributed by atoms with Gasteiger partial charge in [-0.2, -0.15) is 0 Å². The summed E-state index contributed by atoms with van der Waals surface area (Å²) in [6, 6.07) is 14.3. The molecule has 160 valence electrons. The van der Waals surface area contributed by atoms with E-state index in [1.807, 2.05) is 12.1 Å². The average Bonchev–Trinajstić information content (AvgIpc) is 2.78. The minimum absolute atomic E-state index is 0.240. The molecule has 1 atom stereocenters. The van der Waals surface area contributed by atoms with Gasteiger partial charge in [0.05, 0.1) is 12.6 Å². The van der Waals surface area contributed by atoms with Crippen molar-refractivity contribution in [1.29, 1.82) is 0 Å². The second-order valence-corrected chi connectivity index (χ2v) is 7.47. The van der Waals surface area contributed by atoms with E-state index in [2.05, 4.69) is 17.4 Å². The van der Waals surface area contributed by atoms with Crippen molar-refractivity contribution in [2.24, 2.45) is 5.92 Å². The van der Waals surface area contributed by atoms with Gasteiger partial charge in [0.25, 0.3) is 6.47 Å². The number of piperidine rings is 1. The summed E-state index contributed by atoms with van der Waals surface area (Å²) in [5.74, 6) is 0.152. The molecule has 30 heavy (non-hydrogen) atoms. The third kappa shape index (κ3) is 5.36. The minimum Gasteiger partial charge on any atom is -0.483 e. The SMILES string of the molecule is O=C(OCC1CCNCC1)N1CCc2ccccc2[C@@H]1c1ccc(F)cc1.O=CO. The van der Waals surface area contributed by atoms with Crippen LogP contribution in [0.2, 0.25) is 0 Å². The summed E-state index contributed by atoms with van der Waals surface area (Å²) in [6.07, 6.45) is 2.60. The van der Waals surface area contributed by atoms with E-state index >= 15 is 0 Å². The van der Waals surface area contributed by atoms with Gasteiger partial charge in [0.15, 0.2) is 0 Å². The van der Waals surface area contributed by atoms with E-state index < -0.39 is 0 Å². The summed E-state index contributed by atoms with van der Waals surface area (Å²) in [4.78, 5) is 23.1. The molecule has 7 heteroatoms. The van der Waals surface area contributed by atoms with Gasteiger partial charge in [-0.15, -0.1) is 0 Å². The molecule has 1 amide bonds. The summed E-state index contributed by atoms with van der Waals surface area (Å²) < 4.78 is 19.1. The number of carbonyl (C=O) groups is 2. The van der Waals surface area contributed by atoms with Gasteiger partial charge < -0.3 is 15.2 Å². The minimum atomic E-state index is -0.280. The van der Waals surface area contributed by atoms with Gasteiger partial charge in [-0.1, -0.05) is 36.4 Å². The first-order valence-corrected chi connectivity index (χ1v) is 10.2. The molecule has 0 unspecified atom stereocenters. The zero-order valence-electron chi connectivity index (χ0n) is 16.8. The van der Waals surface area contributed by atoms with Gasteiger partial charge in [0, 0.05) is 6.54 Å². The van der Waals surface area contributed by atoms with Crippen molar-refractivity contribution in [2.75, 3.05) is 26.2 Å². The molecule has 0 radical (unpaired) electrons. The Labute approximate surface area is 175 Å². The molecule has 1 fully saturated rings. The lowest BCUT2D eigenvalue weighted by atomic mass is 9.88. The van der Waals surface area contributed by atoms with E-state index in [4.69, 9.17) is 14.6 Å². The Morgan fingerprint density at radius 1 is 1.17 bits per heavy atom.